The van der Waals surface area contributed by atoms with Gasteiger partial charge in [0.1, 0.15) is 5.75 Å². The van der Waals surface area contributed by atoms with E-state index in [9.17, 15) is 4.79 Å². The van der Waals surface area contributed by atoms with Crippen LogP contribution in [-0.2, 0) is 15.6 Å². The highest BCUT2D eigenvalue weighted by Crippen LogP contribution is 2.47. The normalized spacial score (nSPS) is 15.3. The Balaban J connectivity index is 1.66. The van der Waals surface area contributed by atoms with Gasteiger partial charge < -0.3 is 9.47 Å². The zero-order valence-corrected chi connectivity index (χ0v) is 23.9. The van der Waals surface area contributed by atoms with Crippen LogP contribution in [-0.4, -0.2) is 19.7 Å². The summed E-state index contributed by atoms with van der Waals surface area (Å²) in [4.78, 5) is 12.2. The summed E-state index contributed by atoms with van der Waals surface area (Å²) >= 11 is 0. The summed E-state index contributed by atoms with van der Waals surface area (Å²) in [6.07, 6.45) is 2.37. The molecule has 0 aliphatic heterocycles. The maximum atomic E-state index is 12.2. The van der Waals surface area contributed by atoms with Gasteiger partial charge in [-0.3, -0.25) is 0 Å². The third kappa shape index (κ3) is 5.23. The molecule has 3 heteroatoms. The van der Waals surface area contributed by atoms with Gasteiger partial charge >= 0.3 is 5.97 Å². The van der Waals surface area contributed by atoms with E-state index >= 15 is 0 Å². The van der Waals surface area contributed by atoms with Crippen molar-refractivity contribution in [1.29, 1.82) is 0 Å². The molecule has 3 nitrogen and oxygen atoms in total. The smallest absolute Gasteiger partial charge is 0.338 e. The van der Waals surface area contributed by atoms with E-state index < -0.39 is 0 Å². The molecule has 0 N–H and O–H groups in total. The molecule has 0 fully saturated rings. The van der Waals surface area contributed by atoms with Crippen LogP contribution in [0.4, 0.5) is 0 Å². The number of fused-ring (bicyclic) bond motifs is 1. The van der Waals surface area contributed by atoms with Crippen LogP contribution >= 0.6 is 0 Å². The van der Waals surface area contributed by atoms with E-state index in [0.717, 1.165) is 28.0 Å². The maximum absolute atomic E-state index is 12.2. The molecular weight excluding hydrogens is 480 g/mol. The Morgan fingerprint density at radius 2 is 1.33 bits per heavy atom. The Hall–Kier alpha value is -3.85. The van der Waals surface area contributed by atoms with E-state index in [2.05, 4.69) is 76.2 Å². The second-order valence-electron chi connectivity index (χ2n) is 11.8. The Morgan fingerprint density at radius 3 is 2.03 bits per heavy atom. The summed E-state index contributed by atoms with van der Waals surface area (Å²) in [5, 5.41) is 0. The lowest BCUT2D eigenvalue weighted by Crippen LogP contribution is -2.33. The molecule has 0 heterocycles. The Labute approximate surface area is 232 Å². The average molecular weight is 519 g/mol. The lowest BCUT2D eigenvalue weighted by Gasteiger charge is -2.42. The molecule has 0 aromatic heterocycles. The fourth-order valence-corrected chi connectivity index (χ4v) is 5.77. The molecular formula is C36H38O3. The van der Waals surface area contributed by atoms with E-state index in [4.69, 9.17) is 9.47 Å². The average Bonchev–Trinajstić information content (AvgIpc) is 2.95. The molecule has 200 valence electrons. The molecule has 1 aliphatic rings. The first-order chi connectivity index (χ1) is 18.6. The van der Waals surface area contributed by atoms with Crippen LogP contribution < -0.4 is 4.74 Å². The van der Waals surface area contributed by atoms with E-state index in [1.165, 1.54) is 35.1 Å². The van der Waals surface area contributed by atoms with Crippen LogP contribution in [0.25, 0.3) is 33.4 Å². The van der Waals surface area contributed by atoms with Crippen LogP contribution in [0.2, 0.25) is 0 Å². The van der Waals surface area contributed by atoms with Crippen LogP contribution in [0.15, 0.2) is 84.9 Å². The highest BCUT2D eigenvalue weighted by Gasteiger charge is 2.37. The fourth-order valence-electron chi connectivity index (χ4n) is 5.77. The molecule has 5 rings (SSSR count). The summed E-state index contributed by atoms with van der Waals surface area (Å²) < 4.78 is 10.7. The first-order valence-corrected chi connectivity index (χ1v) is 13.8. The van der Waals surface area contributed by atoms with Crippen LogP contribution in [0, 0.1) is 0 Å². The SMILES string of the molecule is CCOC(=O)c1ccc(-c2ccc(-c3cccc(OC)c3)c(-c3ccc4c(c3)C(C)(C)CCC4(C)C)c2)cc1. The highest BCUT2D eigenvalue weighted by atomic mass is 16.5. The van der Waals surface area contributed by atoms with Crippen LogP contribution in [0.5, 0.6) is 5.75 Å². The van der Waals surface area contributed by atoms with Crippen molar-refractivity contribution in [1.82, 2.24) is 0 Å². The number of benzene rings is 4. The van der Waals surface area contributed by atoms with Crippen molar-refractivity contribution >= 4 is 5.97 Å². The largest absolute Gasteiger partial charge is 0.497 e. The molecule has 0 radical (unpaired) electrons. The van der Waals surface area contributed by atoms with Gasteiger partial charge in [0.15, 0.2) is 0 Å². The third-order valence-electron chi connectivity index (χ3n) is 8.29. The number of hydrogen-bond donors (Lipinski definition) is 0. The number of hydrogen-bond acceptors (Lipinski definition) is 3. The van der Waals surface area contributed by atoms with Gasteiger partial charge in [-0.2, -0.15) is 0 Å². The summed E-state index contributed by atoms with van der Waals surface area (Å²) in [7, 11) is 1.70. The minimum Gasteiger partial charge on any atom is -0.497 e. The topological polar surface area (TPSA) is 35.5 Å². The van der Waals surface area contributed by atoms with Crippen LogP contribution in [0.1, 0.15) is 68.9 Å². The molecule has 0 spiro atoms. The zero-order valence-electron chi connectivity index (χ0n) is 23.9. The van der Waals surface area contributed by atoms with Crippen molar-refractivity contribution in [3.8, 4) is 39.1 Å². The fraction of sp³-hybridized carbons (Fsp3) is 0.306. The van der Waals surface area contributed by atoms with Crippen molar-refractivity contribution in [2.24, 2.45) is 0 Å². The van der Waals surface area contributed by atoms with E-state index in [0.29, 0.717) is 12.2 Å². The molecule has 39 heavy (non-hydrogen) atoms. The molecule has 0 saturated heterocycles. The summed E-state index contributed by atoms with van der Waals surface area (Å²) in [5.41, 5.74) is 10.6. The van der Waals surface area contributed by atoms with Crippen LogP contribution in [0.3, 0.4) is 0 Å². The number of ether oxygens (including phenoxy) is 2. The number of esters is 1. The maximum Gasteiger partial charge on any atom is 0.338 e. The number of methoxy groups -OCH3 is 1. The number of rotatable bonds is 6. The van der Waals surface area contributed by atoms with Crippen molar-refractivity contribution in [3.63, 3.8) is 0 Å². The standard InChI is InChI=1S/C36H38O3/c1-7-39-34(37)25-13-11-24(12-14-25)26-15-17-30(27-9-8-10-29(21-27)38-6)31(22-26)28-16-18-32-33(23-28)36(4,5)20-19-35(32,2)3/h8-18,21-23H,7,19-20H2,1-6H3. The zero-order chi connectivity index (χ0) is 27.8. The Bertz CT molecular complexity index is 1510. The second-order valence-corrected chi connectivity index (χ2v) is 11.8. The monoisotopic (exact) mass is 518 g/mol. The minimum atomic E-state index is -0.294. The minimum absolute atomic E-state index is 0.123. The molecule has 0 bridgehead atoms. The lowest BCUT2D eigenvalue weighted by molar-refractivity contribution is 0.0526. The first-order valence-electron chi connectivity index (χ1n) is 13.8. The van der Waals surface area contributed by atoms with Gasteiger partial charge in [0, 0.05) is 0 Å². The summed E-state index contributed by atoms with van der Waals surface area (Å²) in [5.74, 6) is 0.545. The van der Waals surface area contributed by atoms with Crippen molar-refractivity contribution in [3.05, 3.63) is 102 Å². The van der Waals surface area contributed by atoms with E-state index in [-0.39, 0.29) is 16.8 Å². The van der Waals surface area contributed by atoms with E-state index in [1.54, 1.807) is 7.11 Å². The highest BCUT2D eigenvalue weighted by molar-refractivity contribution is 5.91. The predicted molar refractivity (Wildman–Crippen MR) is 161 cm³/mol. The van der Waals surface area contributed by atoms with Gasteiger partial charge in [0.2, 0.25) is 0 Å². The van der Waals surface area contributed by atoms with Gasteiger partial charge in [0.25, 0.3) is 0 Å². The second kappa shape index (κ2) is 10.4. The van der Waals surface area contributed by atoms with Crippen molar-refractivity contribution in [2.75, 3.05) is 13.7 Å². The third-order valence-corrected chi connectivity index (χ3v) is 8.29. The summed E-state index contributed by atoms with van der Waals surface area (Å²) in [6, 6.07) is 29.6. The number of carbonyl (C=O) groups excluding carboxylic acids is 1. The predicted octanol–water partition coefficient (Wildman–Crippen LogP) is 9.22. The van der Waals surface area contributed by atoms with Gasteiger partial charge in [-0.1, -0.05) is 82.3 Å². The molecule has 4 aromatic carbocycles. The molecule has 0 atom stereocenters. The van der Waals surface area contributed by atoms with Gasteiger partial charge in [-0.15, -0.1) is 0 Å². The molecule has 0 unspecified atom stereocenters. The Morgan fingerprint density at radius 1 is 0.692 bits per heavy atom. The van der Waals surface area contributed by atoms with Gasteiger partial charge in [0.05, 0.1) is 19.3 Å². The van der Waals surface area contributed by atoms with Gasteiger partial charge in [-0.25, -0.2) is 4.79 Å². The molecule has 1 aliphatic carbocycles. The van der Waals surface area contributed by atoms with Crippen molar-refractivity contribution < 1.29 is 14.3 Å². The Kier molecular flexibility index (Phi) is 7.11. The quantitative estimate of drug-likeness (QED) is 0.239. The summed E-state index contributed by atoms with van der Waals surface area (Å²) in [6.45, 7) is 11.7. The van der Waals surface area contributed by atoms with Gasteiger partial charge in [-0.05, 0) is 105 Å². The molecule has 4 aromatic rings. The molecule has 0 saturated carbocycles. The van der Waals surface area contributed by atoms with Crippen molar-refractivity contribution in [2.45, 2.75) is 58.3 Å². The first kappa shape index (κ1) is 26.7. The lowest BCUT2D eigenvalue weighted by atomic mass is 9.63. The number of carbonyl (C=O) groups is 1. The van der Waals surface area contributed by atoms with E-state index in [1.807, 2.05) is 43.3 Å². The molecule has 0 amide bonds.